The molecule has 31 heavy (non-hydrogen) atoms. The smallest absolute Gasteiger partial charge is 0.339 e. The Kier molecular flexibility index (Phi) is 5.97. The highest BCUT2D eigenvalue weighted by Crippen LogP contribution is 2.26. The molecule has 2 heterocycles. The number of pyridine rings is 1. The van der Waals surface area contributed by atoms with Crippen molar-refractivity contribution in [3.63, 3.8) is 0 Å². The molecular weight excluding hydrogens is 398 g/mol. The van der Waals surface area contributed by atoms with Crippen molar-refractivity contribution in [2.45, 2.75) is 38.6 Å². The standard InChI is InChI=1S/C23H23N3O5/c1-14-10-11-20(31-14)19-12-17(16-8-4-5-9-18(16)25-19)22(28)30-13-21(27)26-23(29)24-15-6-2-3-7-15/h4-5,8-12,15H,2-3,6-7,13H2,1H3,(H2,24,26,27,29). The highest BCUT2D eigenvalue weighted by atomic mass is 16.5. The number of fused-ring (bicyclic) bond motifs is 1. The zero-order chi connectivity index (χ0) is 21.8. The molecule has 1 fully saturated rings. The molecule has 8 heteroatoms. The number of hydrogen-bond acceptors (Lipinski definition) is 6. The van der Waals surface area contributed by atoms with E-state index in [0.29, 0.717) is 22.4 Å². The number of urea groups is 1. The molecule has 160 valence electrons. The lowest BCUT2D eigenvalue weighted by molar-refractivity contribution is -0.123. The summed E-state index contributed by atoms with van der Waals surface area (Å²) in [6, 6.07) is 11.8. The number of benzene rings is 1. The molecule has 3 amide bonds. The van der Waals surface area contributed by atoms with Gasteiger partial charge in [0.25, 0.3) is 5.91 Å². The van der Waals surface area contributed by atoms with Crippen LogP contribution in [0.15, 0.2) is 46.9 Å². The van der Waals surface area contributed by atoms with E-state index in [2.05, 4.69) is 15.6 Å². The van der Waals surface area contributed by atoms with E-state index in [-0.39, 0.29) is 11.6 Å². The first-order valence-corrected chi connectivity index (χ1v) is 10.2. The summed E-state index contributed by atoms with van der Waals surface area (Å²) in [6.45, 7) is 1.25. The highest BCUT2D eigenvalue weighted by molar-refractivity contribution is 6.05. The molecule has 4 rings (SSSR count). The first-order valence-electron chi connectivity index (χ1n) is 10.2. The number of rotatable bonds is 5. The first-order chi connectivity index (χ1) is 15.0. The second-order valence-electron chi connectivity index (χ2n) is 7.56. The average molecular weight is 421 g/mol. The number of carbonyl (C=O) groups is 3. The number of ether oxygens (including phenoxy) is 1. The van der Waals surface area contributed by atoms with Crippen molar-refractivity contribution < 1.29 is 23.5 Å². The summed E-state index contributed by atoms with van der Waals surface area (Å²) in [5.74, 6) is -0.126. The molecule has 0 aliphatic heterocycles. The van der Waals surface area contributed by atoms with Crippen LogP contribution in [0.4, 0.5) is 4.79 Å². The number of aromatic nitrogens is 1. The highest BCUT2D eigenvalue weighted by Gasteiger charge is 2.20. The maximum atomic E-state index is 12.8. The Labute approximate surface area is 179 Å². The minimum Gasteiger partial charge on any atom is -0.460 e. The molecule has 3 aromatic rings. The van der Waals surface area contributed by atoms with Crippen LogP contribution in [0, 0.1) is 6.92 Å². The van der Waals surface area contributed by atoms with Crippen molar-refractivity contribution in [2.24, 2.45) is 0 Å². The molecule has 1 aliphatic rings. The minimum atomic E-state index is -0.691. The Bertz CT molecular complexity index is 1130. The third-order valence-electron chi connectivity index (χ3n) is 5.21. The van der Waals surface area contributed by atoms with E-state index in [0.717, 1.165) is 31.4 Å². The fraction of sp³-hybridized carbons (Fsp3) is 0.304. The summed E-state index contributed by atoms with van der Waals surface area (Å²) in [4.78, 5) is 41.2. The van der Waals surface area contributed by atoms with Gasteiger partial charge in [-0.15, -0.1) is 0 Å². The number of carbonyl (C=O) groups excluding carboxylic acids is 3. The first kappa shape index (κ1) is 20.6. The van der Waals surface area contributed by atoms with Crippen LogP contribution in [0.1, 0.15) is 41.8 Å². The van der Waals surface area contributed by atoms with Gasteiger partial charge in [-0.1, -0.05) is 31.0 Å². The van der Waals surface area contributed by atoms with Gasteiger partial charge in [-0.3, -0.25) is 10.1 Å². The van der Waals surface area contributed by atoms with Gasteiger partial charge in [0.05, 0.1) is 11.1 Å². The van der Waals surface area contributed by atoms with Crippen molar-refractivity contribution in [3.05, 3.63) is 53.8 Å². The van der Waals surface area contributed by atoms with Crippen molar-refractivity contribution in [1.82, 2.24) is 15.6 Å². The monoisotopic (exact) mass is 421 g/mol. The van der Waals surface area contributed by atoms with E-state index < -0.39 is 24.5 Å². The molecule has 2 N–H and O–H groups in total. The Morgan fingerprint density at radius 2 is 1.90 bits per heavy atom. The van der Waals surface area contributed by atoms with E-state index in [9.17, 15) is 14.4 Å². The number of furan rings is 1. The maximum Gasteiger partial charge on any atom is 0.339 e. The third kappa shape index (κ3) is 4.91. The molecule has 1 aliphatic carbocycles. The van der Waals surface area contributed by atoms with Crippen molar-refractivity contribution >= 4 is 28.8 Å². The normalized spacial score (nSPS) is 13.8. The number of nitrogens with zero attached hydrogens (tertiary/aromatic N) is 1. The molecule has 0 radical (unpaired) electrons. The molecular formula is C23H23N3O5. The van der Waals surface area contributed by atoms with E-state index in [4.69, 9.17) is 9.15 Å². The van der Waals surface area contributed by atoms with Gasteiger partial charge in [0, 0.05) is 11.4 Å². The summed E-state index contributed by atoms with van der Waals surface area (Å²) < 4.78 is 10.8. The van der Waals surface area contributed by atoms with Crippen LogP contribution in [0.25, 0.3) is 22.4 Å². The number of esters is 1. The topological polar surface area (TPSA) is 111 Å². The third-order valence-corrected chi connectivity index (χ3v) is 5.21. The molecule has 1 saturated carbocycles. The SMILES string of the molecule is Cc1ccc(-c2cc(C(=O)OCC(=O)NC(=O)NC3CCCC3)c3ccccc3n2)o1. The van der Waals surface area contributed by atoms with Gasteiger partial charge in [-0.25, -0.2) is 14.6 Å². The summed E-state index contributed by atoms with van der Waals surface area (Å²) in [5, 5.41) is 5.54. The molecule has 0 saturated heterocycles. The van der Waals surface area contributed by atoms with Gasteiger partial charge in [0.15, 0.2) is 12.4 Å². The van der Waals surface area contributed by atoms with E-state index >= 15 is 0 Å². The van der Waals surface area contributed by atoms with Crippen LogP contribution >= 0.6 is 0 Å². The number of hydrogen-bond donors (Lipinski definition) is 2. The van der Waals surface area contributed by atoms with Gasteiger partial charge in [0.1, 0.15) is 11.5 Å². The summed E-state index contributed by atoms with van der Waals surface area (Å²) in [5.41, 5.74) is 1.35. The van der Waals surface area contributed by atoms with Gasteiger partial charge >= 0.3 is 12.0 Å². The van der Waals surface area contributed by atoms with Crippen LogP contribution in [-0.4, -0.2) is 35.5 Å². The van der Waals surface area contributed by atoms with Gasteiger partial charge in [0.2, 0.25) is 0 Å². The van der Waals surface area contributed by atoms with Crippen LogP contribution in [0.2, 0.25) is 0 Å². The Balaban J connectivity index is 1.45. The lowest BCUT2D eigenvalue weighted by atomic mass is 10.1. The molecule has 0 unspecified atom stereocenters. The van der Waals surface area contributed by atoms with Crippen LogP contribution in [-0.2, 0) is 9.53 Å². The zero-order valence-corrected chi connectivity index (χ0v) is 17.1. The van der Waals surface area contributed by atoms with Crippen molar-refractivity contribution in [3.8, 4) is 11.5 Å². The molecule has 8 nitrogen and oxygen atoms in total. The van der Waals surface area contributed by atoms with E-state index in [1.807, 2.05) is 19.1 Å². The summed E-state index contributed by atoms with van der Waals surface area (Å²) in [7, 11) is 0. The Morgan fingerprint density at radius 1 is 1.13 bits per heavy atom. The predicted molar refractivity (Wildman–Crippen MR) is 113 cm³/mol. The molecule has 2 aromatic heterocycles. The summed E-state index contributed by atoms with van der Waals surface area (Å²) in [6.07, 6.45) is 3.94. The van der Waals surface area contributed by atoms with Crippen LogP contribution < -0.4 is 10.6 Å². The van der Waals surface area contributed by atoms with Crippen LogP contribution in [0.3, 0.4) is 0 Å². The number of para-hydroxylation sites is 1. The molecule has 1 aromatic carbocycles. The predicted octanol–water partition coefficient (Wildman–Crippen LogP) is 3.73. The number of imide groups is 1. The van der Waals surface area contributed by atoms with Gasteiger partial charge in [-0.2, -0.15) is 0 Å². The fourth-order valence-electron chi connectivity index (χ4n) is 3.71. The molecule has 0 atom stereocenters. The molecule has 0 bridgehead atoms. The fourth-order valence-corrected chi connectivity index (χ4v) is 3.71. The Morgan fingerprint density at radius 3 is 2.65 bits per heavy atom. The minimum absolute atomic E-state index is 0.0854. The molecule has 0 spiro atoms. The average Bonchev–Trinajstić information content (AvgIpc) is 3.42. The van der Waals surface area contributed by atoms with E-state index in [1.54, 1.807) is 30.3 Å². The number of amides is 3. The van der Waals surface area contributed by atoms with Crippen molar-refractivity contribution in [1.29, 1.82) is 0 Å². The largest absolute Gasteiger partial charge is 0.460 e. The maximum absolute atomic E-state index is 12.8. The van der Waals surface area contributed by atoms with Crippen molar-refractivity contribution in [2.75, 3.05) is 6.61 Å². The quantitative estimate of drug-likeness (QED) is 0.608. The number of nitrogens with one attached hydrogen (secondary N) is 2. The second kappa shape index (κ2) is 8.99. The number of aryl methyl sites for hydroxylation is 1. The summed E-state index contributed by atoms with van der Waals surface area (Å²) >= 11 is 0. The Hall–Kier alpha value is -3.68. The van der Waals surface area contributed by atoms with E-state index in [1.165, 1.54) is 0 Å². The second-order valence-corrected chi connectivity index (χ2v) is 7.56. The lowest BCUT2D eigenvalue weighted by Gasteiger charge is -2.12. The zero-order valence-electron chi connectivity index (χ0n) is 17.1. The van der Waals surface area contributed by atoms with Gasteiger partial charge < -0.3 is 14.5 Å². The van der Waals surface area contributed by atoms with Gasteiger partial charge in [-0.05, 0) is 44.0 Å². The lowest BCUT2D eigenvalue weighted by Crippen LogP contribution is -2.45. The van der Waals surface area contributed by atoms with Crippen LogP contribution in [0.5, 0.6) is 0 Å².